The number of hydrogen-bond acceptors (Lipinski definition) is 5. The van der Waals surface area contributed by atoms with Crippen molar-refractivity contribution in [1.82, 2.24) is 0 Å². The number of fused-ring (bicyclic) bond motifs is 1. The number of hydrogen-bond donors (Lipinski definition) is 1. The van der Waals surface area contributed by atoms with Gasteiger partial charge in [-0.2, -0.15) is 0 Å². The van der Waals surface area contributed by atoms with Crippen LogP contribution in [0.25, 0.3) is 0 Å². The van der Waals surface area contributed by atoms with E-state index in [0.29, 0.717) is 18.0 Å². The van der Waals surface area contributed by atoms with Gasteiger partial charge in [-0.25, -0.2) is 0 Å². The van der Waals surface area contributed by atoms with Gasteiger partial charge in [0.1, 0.15) is 5.75 Å². The molecule has 0 aliphatic carbocycles. The summed E-state index contributed by atoms with van der Waals surface area (Å²) in [5.41, 5.74) is 7.15. The van der Waals surface area contributed by atoms with E-state index in [9.17, 15) is 9.59 Å². The summed E-state index contributed by atoms with van der Waals surface area (Å²) in [6, 6.07) is 5.45. The van der Waals surface area contributed by atoms with E-state index in [-0.39, 0.29) is 31.4 Å². The molecule has 0 radical (unpaired) electrons. The van der Waals surface area contributed by atoms with Crippen LogP contribution in [0.15, 0.2) is 18.2 Å². The SMILES string of the molecule is COC(=O)CCN1C(=O)COc2ccc(CN)cc21. The number of nitrogens with zero attached hydrogens (tertiary/aromatic N) is 1. The van der Waals surface area contributed by atoms with E-state index >= 15 is 0 Å². The van der Waals surface area contributed by atoms with Gasteiger partial charge < -0.3 is 20.1 Å². The molecule has 0 unspecified atom stereocenters. The molecule has 102 valence electrons. The first-order chi connectivity index (χ1) is 9.15. The number of ether oxygens (including phenoxy) is 2. The minimum Gasteiger partial charge on any atom is -0.482 e. The molecule has 1 aliphatic heterocycles. The summed E-state index contributed by atoms with van der Waals surface area (Å²) >= 11 is 0. The van der Waals surface area contributed by atoms with Crippen LogP contribution >= 0.6 is 0 Å². The van der Waals surface area contributed by atoms with E-state index < -0.39 is 0 Å². The second-order valence-corrected chi connectivity index (χ2v) is 4.17. The van der Waals surface area contributed by atoms with Crippen LogP contribution in [0.2, 0.25) is 0 Å². The number of carbonyl (C=O) groups excluding carboxylic acids is 2. The summed E-state index contributed by atoms with van der Waals surface area (Å²) in [7, 11) is 1.32. The minimum atomic E-state index is -0.351. The summed E-state index contributed by atoms with van der Waals surface area (Å²) in [5.74, 6) is 0.100. The Morgan fingerprint density at radius 2 is 2.32 bits per heavy atom. The number of anilines is 1. The Morgan fingerprint density at radius 3 is 3.00 bits per heavy atom. The molecule has 1 aliphatic rings. The van der Waals surface area contributed by atoms with E-state index in [1.165, 1.54) is 12.0 Å². The quantitative estimate of drug-likeness (QED) is 0.798. The van der Waals surface area contributed by atoms with Gasteiger partial charge in [0, 0.05) is 13.1 Å². The Kier molecular flexibility index (Phi) is 4.01. The third-order valence-electron chi connectivity index (χ3n) is 2.97. The fourth-order valence-electron chi connectivity index (χ4n) is 1.92. The molecule has 0 bridgehead atoms. The normalized spacial score (nSPS) is 13.8. The highest BCUT2D eigenvalue weighted by atomic mass is 16.5. The second-order valence-electron chi connectivity index (χ2n) is 4.17. The van der Waals surface area contributed by atoms with Gasteiger partial charge in [0.15, 0.2) is 6.61 Å². The Bertz CT molecular complexity index is 501. The first-order valence-corrected chi connectivity index (χ1v) is 5.98. The number of benzene rings is 1. The van der Waals surface area contributed by atoms with Crippen LogP contribution in [0.4, 0.5) is 5.69 Å². The predicted octanol–water partition coefficient (Wildman–Crippen LogP) is 0.434. The maximum atomic E-state index is 11.9. The zero-order valence-corrected chi connectivity index (χ0v) is 10.7. The molecule has 0 spiro atoms. The lowest BCUT2D eigenvalue weighted by Crippen LogP contribution is -2.40. The first-order valence-electron chi connectivity index (χ1n) is 5.98. The number of methoxy groups -OCH3 is 1. The van der Waals surface area contributed by atoms with Crippen molar-refractivity contribution >= 4 is 17.6 Å². The number of esters is 1. The van der Waals surface area contributed by atoms with E-state index in [0.717, 1.165) is 5.56 Å². The highest BCUT2D eigenvalue weighted by molar-refractivity contribution is 5.98. The lowest BCUT2D eigenvalue weighted by Gasteiger charge is -2.29. The third-order valence-corrected chi connectivity index (χ3v) is 2.97. The fourth-order valence-corrected chi connectivity index (χ4v) is 1.92. The molecule has 0 saturated carbocycles. The Morgan fingerprint density at radius 1 is 1.53 bits per heavy atom. The van der Waals surface area contributed by atoms with Crippen LogP contribution in [0.1, 0.15) is 12.0 Å². The van der Waals surface area contributed by atoms with E-state index in [4.69, 9.17) is 10.5 Å². The van der Waals surface area contributed by atoms with Gasteiger partial charge in [0.05, 0.1) is 19.2 Å². The van der Waals surface area contributed by atoms with Gasteiger partial charge in [-0.1, -0.05) is 6.07 Å². The van der Waals surface area contributed by atoms with Gasteiger partial charge in [0.2, 0.25) is 0 Å². The highest BCUT2D eigenvalue weighted by Crippen LogP contribution is 2.32. The molecule has 0 fully saturated rings. The van der Waals surface area contributed by atoms with Gasteiger partial charge in [-0.3, -0.25) is 9.59 Å². The summed E-state index contributed by atoms with van der Waals surface area (Å²) in [5, 5.41) is 0. The van der Waals surface area contributed by atoms with E-state index in [1.807, 2.05) is 12.1 Å². The molecule has 0 saturated heterocycles. The lowest BCUT2D eigenvalue weighted by molar-refractivity contribution is -0.140. The maximum absolute atomic E-state index is 11.9. The molecular weight excluding hydrogens is 248 g/mol. The van der Waals surface area contributed by atoms with Gasteiger partial charge in [-0.05, 0) is 17.7 Å². The van der Waals surface area contributed by atoms with Crippen molar-refractivity contribution in [2.45, 2.75) is 13.0 Å². The highest BCUT2D eigenvalue weighted by Gasteiger charge is 2.26. The first kappa shape index (κ1) is 13.4. The van der Waals surface area contributed by atoms with Crippen LogP contribution in [0, 0.1) is 0 Å². The van der Waals surface area contributed by atoms with Gasteiger partial charge >= 0.3 is 5.97 Å². The number of nitrogens with two attached hydrogens (primary N) is 1. The molecule has 0 atom stereocenters. The average molecular weight is 264 g/mol. The summed E-state index contributed by atoms with van der Waals surface area (Å²) in [4.78, 5) is 24.6. The number of carbonyl (C=O) groups is 2. The van der Waals surface area contributed by atoms with Crippen molar-refractivity contribution in [2.24, 2.45) is 5.73 Å². The third kappa shape index (κ3) is 2.85. The summed E-state index contributed by atoms with van der Waals surface area (Å²) < 4.78 is 9.93. The molecule has 6 nitrogen and oxygen atoms in total. The van der Waals surface area contributed by atoms with Crippen molar-refractivity contribution in [3.63, 3.8) is 0 Å². The van der Waals surface area contributed by atoms with Crippen molar-refractivity contribution in [1.29, 1.82) is 0 Å². The smallest absolute Gasteiger partial charge is 0.307 e. The summed E-state index contributed by atoms with van der Waals surface area (Å²) in [6.07, 6.45) is 0.147. The van der Waals surface area contributed by atoms with Crippen LogP contribution < -0.4 is 15.4 Å². The van der Waals surface area contributed by atoms with Crippen molar-refractivity contribution in [3.8, 4) is 5.75 Å². The summed E-state index contributed by atoms with van der Waals surface area (Å²) in [6.45, 7) is 0.637. The van der Waals surface area contributed by atoms with E-state index in [1.54, 1.807) is 6.07 Å². The molecule has 1 amide bonds. The minimum absolute atomic E-state index is 0.0177. The fraction of sp³-hybridized carbons (Fsp3) is 0.385. The molecule has 1 heterocycles. The van der Waals surface area contributed by atoms with Gasteiger partial charge in [0.25, 0.3) is 5.91 Å². The molecule has 1 aromatic rings. The maximum Gasteiger partial charge on any atom is 0.307 e. The van der Waals surface area contributed by atoms with Crippen LogP contribution in [-0.2, 0) is 20.9 Å². The topological polar surface area (TPSA) is 81.9 Å². The Balaban J connectivity index is 2.23. The average Bonchev–Trinajstić information content (AvgIpc) is 2.45. The van der Waals surface area contributed by atoms with Gasteiger partial charge in [-0.15, -0.1) is 0 Å². The molecule has 2 rings (SSSR count). The van der Waals surface area contributed by atoms with Crippen molar-refractivity contribution in [3.05, 3.63) is 23.8 Å². The molecule has 2 N–H and O–H groups in total. The van der Waals surface area contributed by atoms with Crippen LogP contribution in [-0.4, -0.2) is 32.1 Å². The standard InChI is InChI=1S/C13H16N2O4/c1-18-13(17)4-5-15-10-6-9(7-14)2-3-11(10)19-8-12(15)16/h2-3,6H,4-5,7-8,14H2,1H3. The molecule has 6 heteroatoms. The zero-order chi connectivity index (χ0) is 13.8. The molecule has 19 heavy (non-hydrogen) atoms. The van der Waals surface area contributed by atoms with E-state index in [2.05, 4.69) is 4.74 Å². The lowest BCUT2D eigenvalue weighted by atomic mass is 10.1. The van der Waals surface area contributed by atoms with Crippen molar-refractivity contribution < 1.29 is 19.1 Å². The van der Waals surface area contributed by atoms with Crippen molar-refractivity contribution in [2.75, 3.05) is 25.2 Å². The second kappa shape index (κ2) is 5.71. The largest absolute Gasteiger partial charge is 0.482 e. The Hall–Kier alpha value is -2.08. The predicted molar refractivity (Wildman–Crippen MR) is 68.8 cm³/mol. The van der Waals surface area contributed by atoms with Crippen LogP contribution in [0.3, 0.4) is 0 Å². The Labute approximate surface area is 111 Å². The monoisotopic (exact) mass is 264 g/mol. The number of rotatable bonds is 4. The molecular formula is C13H16N2O4. The van der Waals surface area contributed by atoms with Crippen LogP contribution in [0.5, 0.6) is 5.75 Å². The zero-order valence-electron chi connectivity index (χ0n) is 10.7. The number of amides is 1. The molecule has 1 aromatic carbocycles. The molecule has 0 aromatic heterocycles.